The Morgan fingerprint density at radius 3 is 1.32 bits per heavy atom. The molecule has 0 saturated carbocycles. The third kappa shape index (κ3) is 5.26. The van der Waals surface area contributed by atoms with E-state index in [1.165, 1.54) is 115 Å². The van der Waals surface area contributed by atoms with Crippen molar-refractivity contribution in [3.63, 3.8) is 0 Å². The van der Waals surface area contributed by atoms with E-state index in [0.717, 1.165) is 12.8 Å². The molecular weight excluding hydrogens is 695 g/mol. The third-order valence-electron chi connectivity index (χ3n) is 10.1. The summed E-state index contributed by atoms with van der Waals surface area (Å²) >= 11 is 0. The van der Waals surface area contributed by atoms with Gasteiger partial charge in [0.25, 0.3) is 0 Å². The van der Waals surface area contributed by atoms with Crippen molar-refractivity contribution in [3.8, 4) is 0 Å². The number of aryl methyl sites for hydroxylation is 6. The standard InChI is InChI=1S/C35H30.2C4H9.Hf/c1-19-15-27-25-9-5-7-21-11-13-23(31(21)25)17-29(27)33(19)35(3,4)34-20(2)16-28-26-10-6-8-22-12-14-24(32(22)26)18-30(28)34;2*1-3-4-2;/h5-10,15-18H,11-14H2,1-4H3;2*1,3-4H2,2H3;/q-2;2*-1;+4. The van der Waals surface area contributed by atoms with Crippen molar-refractivity contribution in [2.75, 3.05) is 0 Å². The van der Waals surface area contributed by atoms with Crippen LogP contribution in [0.5, 0.6) is 0 Å². The minimum absolute atomic E-state index is 0. The van der Waals surface area contributed by atoms with Gasteiger partial charge in [-0.2, -0.15) is 25.0 Å². The number of fused-ring (bicyclic) bond motifs is 4. The van der Waals surface area contributed by atoms with E-state index in [1.54, 1.807) is 11.1 Å². The Balaban J connectivity index is 0.000000385. The van der Waals surface area contributed by atoms with Crippen LogP contribution in [0.2, 0.25) is 0 Å². The van der Waals surface area contributed by atoms with E-state index < -0.39 is 0 Å². The van der Waals surface area contributed by atoms with Crippen molar-refractivity contribution >= 4 is 43.1 Å². The van der Waals surface area contributed by atoms with Crippen LogP contribution < -0.4 is 0 Å². The van der Waals surface area contributed by atoms with Crippen LogP contribution in [-0.2, 0) is 56.9 Å². The molecule has 6 aromatic carbocycles. The largest absolute Gasteiger partial charge is 4.00 e. The summed E-state index contributed by atoms with van der Waals surface area (Å²) in [6, 6.07) is 23.9. The SMILES string of the molecule is Cc1cc2c3cccc4c3c(cc2[c-]1C(C)(C)[c-]1c(C)cc2c3cccc5c3c(cc21)CC5)CC4.[CH2-]CCC.[CH2-]CCC.[Hf+4]. The molecule has 0 atom stereocenters. The zero-order chi connectivity index (χ0) is 30.5. The van der Waals surface area contributed by atoms with Gasteiger partial charge in [0.2, 0.25) is 0 Å². The molecule has 0 spiro atoms. The van der Waals surface area contributed by atoms with Crippen LogP contribution in [0.4, 0.5) is 0 Å². The van der Waals surface area contributed by atoms with Crippen LogP contribution in [0.3, 0.4) is 0 Å². The molecule has 44 heavy (non-hydrogen) atoms. The molecule has 8 rings (SSSR count). The van der Waals surface area contributed by atoms with Gasteiger partial charge in [0.1, 0.15) is 0 Å². The fourth-order valence-electron chi connectivity index (χ4n) is 8.21. The first kappa shape index (κ1) is 32.9. The first-order chi connectivity index (χ1) is 20.8. The van der Waals surface area contributed by atoms with Gasteiger partial charge >= 0.3 is 25.8 Å². The van der Waals surface area contributed by atoms with Crippen LogP contribution >= 0.6 is 0 Å². The molecule has 1 heteroatoms. The van der Waals surface area contributed by atoms with E-state index >= 15 is 0 Å². The number of hydrogen-bond acceptors (Lipinski definition) is 0. The Morgan fingerprint density at radius 1 is 0.591 bits per heavy atom. The molecule has 0 amide bonds. The van der Waals surface area contributed by atoms with E-state index in [-0.39, 0.29) is 31.3 Å². The molecule has 0 aromatic heterocycles. The fraction of sp³-hybridized carbons (Fsp3) is 0.349. The van der Waals surface area contributed by atoms with Gasteiger partial charge < -0.3 is 13.8 Å². The molecule has 0 heterocycles. The maximum atomic E-state index is 3.60. The average molecular weight is 743 g/mol. The minimum Gasteiger partial charge on any atom is -0.343 e. The van der Waals surface area contributed by atoms with Gasteiger partial charge in [-0.1, -0.05) is 118 Å². The maximum Gasteiger partial charge on any atom is 4.00 e. The summed E-state index contributed by atoms with van der Waals surface area (Å²) in [6.45, 7) is 21.0. The van der Waals surface area contributed by atoms with Crippen molar-refractivity contribution in [1.82, 2.24) is 0 Å². The monoisotopic (exact) mass is 744 g/mol. The Kier molecular flexibility index (Phi) is 9.77. The summed E-state index contributed by atoms with van der Waals surface area (Å²) in [5, 5.41) is 11.8. The zero-order valence-electron chi connectivity index (χ0n) is 27.8. The van der Waals surface area contributed by atoms with Crippen LogP contribution in [0.15, 0.2) is 60.7 Å². The van der Waals surface area contributed by atoms with E-state index in [4.69, 9.17) is 0 Å². The normalized spacial score (nSPS) is 13.3. The average Bonchev–Trinajstić information content (AvgIpc) is 3.78. The maximum absolute atomic E-state index is 3.60. The molecule has 0 saturated heterocycles. The van der Waals surface area contributed by atoms with Gasteiger partial charge in [-0.3, -0.25) is 0 Å². The van der Waals surface area contributed by atoms with Crippen molar-refractivity contribution in [3.05, 3.63) is 119 Å². The summed E-state index contributed by atoms with van der Waals surface area (Å²) in [6.07, 6.45) is 9.26. The molecule has 2 aliphatic carbocycles. The second-order valence-corrected chi connectivity index (χ2v) is 13.4. The quantitative estimate of drug-likeness (QED) is 0.125. The number of hydrogen-bond donors (Lipinski definition) is 0. The first-order valence-electron chi connectivity index (χ1n) is 16.6. The van der Waals surface area contributed by atoms with Crippen LogP contribution in [0.25, 0.3) is 43.1 Å². The summed E-state index contributed by atoms with van der Waals surface area (Å²) in [4.78, 5) is 0. The van der Waals surface area contributed by atoms with Crippen LogP contribution in [0.1, 0.15) is 97.9 Å². The molecule has 0 nitrogen and oxygen atoms in total. The molecular formula is C43H48Hf. The Bertz CT molecular complexity index is 1810. The summed E-state index contributed by atoms with van der Waals surface area (Å²) in [5.41, 5.74) is 12.0. The van der Waals surface area contributed by atoms with E-state index in [2.05, 4.69) is 116 Å². The van der Waals surface area contributed by atoms with Gasteiger partial charge in [-0.15, -0.1) is 55.9 Å². The second-order valence-electron chi connectivity index (χ2n) is 13.4. The Morgan fingerprint density at radius 2 is 0.955 bits per heavy atom. The molecule has 6 aromatic rings. The van der Waals surface area contributed by atoms with Crippen molar-refractivity contribution in [2.45, 2.75) is 98.3 Å². The Labute approximate surface area is 284 Å². The number of unbranched alkanes of at least 4 members (excludes halogenated alkanes) is 2. The van der Waals surface area contributed by atoms with Crippen molar-refractivity contribution < 1.29 is 25.8 Å². The first-order valence-corrected chi connectivity index (χ1v) is 16.6. The van der Waals surface area contributed by atoms with Gasteiger partial charge in [0, 0.05) is 0 Å². The van der Waals surface area contributed by atoms with Crippen molar-refractivity contribution in [1.29, 1.82) is 0 Å². The fourth-order valence-corrected chi connectivity index (χ4v) is 8.21. The van der Waals surface area contributed by atoms with Crippen LogP contribution in [0, 0.1) is 27.7 Å². The summed E-state index contributed by atoms with van der Waals surface area (Å²) in [5.74, 6) is 0. The predicted molar refractivity (Wildman–Crippen MR) is 191 cm³/mol. The smallest absolute Gasteiger partial charge is 0.343 e. The molecule has 0 aliphatic heterocycles. The number of rotatable bonds is 4. The molecule has 2 aliphatic rings. The number of benzene rings is 4. The molecule has 0 bridgehead atoms. The predicted octanol–water partition coefficient (Wildman–Crippen LogP) is 12.1. The Hall–Kier alpha value is -2.51. The van der Waals surface area contributed by atoms with E-state index in [0.29, 0.717) is 0 Å². The van der Waals surface area contributed by atoms with Gasteiger partial charge in [0.15, 0.2) is 0 Å². The molecule has 0 radical (unpaired) electrons. The third-order valence-corrected chi connectivity index (χ3v) is 10.1. The molecule has 224 valence electrons. The summed E-state index contributed by atoms with van der Waals surface area (Å²) < 4.78 is 0. The van der Waals surface area contributed by atoms with E-state index in [9.17, 15) is 0 Å². The molecule has 0 unspecified atom stereocenters. The topological polar surface area (TPSA) is 0 Å². The second kappa shape index (κ2) is 13.1. The van der Waals surface area contributed by atoms with Gasteiger partial charge in [-0.05, 0) is 47.6 Å². The minimum atomic E-state index is -0.0785. The van der Waals surface area contributed by atoms with E-state index in [1.807, 2.05) is 0 Å². The zero-order valence-corrected chi connectivity index (χ0v) is 31.4. The molecule has 0 N–H and O–H groups in total. The van der Waals surface area contributed by atoms with Gasteiger partial charge in [0.05, 0.1) is 0 Å². The summed E-state index contributed by atoms with van der Waals surface area (Å²) in [7, 11) is 0. The van der Waals surface area contributed by atoms with Crippen LogP contribution in [-0.4, -0.2) is 0 Å². The van der Waals surface area contributed by atoms with Crippen molar-refractivity contribution in [2.24, 2.45) is 0 Å². The molecule has 0 fully saturated rings. The van der Waals surface area contributed by atoms with Gasteiger partial charge in [-0.25, -0.2) is 0 Å².